The quantitative estimate of drug-likeness (QED) is 0.730. The van der Waals surface area contributed by atoms with Gasteiger partial charge in [-0.05, 0) is 20.0 Å². The number of likely N-dealkylation sites (N-methyl/N-ethyl adjacent to an activating group) is 1. The molecule has 1 rings (SSSR count). The Balaban J connectivity index is 2.45. The van der Waals surface area contributed by atoms with Crippen molar-refractivity contribution in [3.05, 3.63) is 12.4 Å². The Morgan fingerprint density at radius 2 is 2.17 bits per heavy atom. The largest absolute Gasteiger partial charge is 0.383 e. The van der Waals surface area contributed by atoms with E-state index in [1.807, 2.05) is 12.4 Å². The van der Waals surface area contributed by atoms with Gasteiger partial charge >= 0.3 is 0 Å². The molecule has 0 saturated heterocycles. The zero-order valence-corrected chi connectivity index (χ0v) is 12.0. The van der Waals surface area contributed by atoms with Crippen LogP contribution in [0.2, 0.25) is 0 Å². The molecule has 0 aliphatic heterocycles. The van der Waals surface area contributed by atoms with Crippen molar-refractivity contribution in [1.82, 2.24) is 14.5 Å². The predicted octanol–water partition coefficient (Wildman–Crippen LogP) is 1.84. The van der Waals surface area contributed by atoms with E-state index in [1.54, 1.807) is 7.11 Å². The molecule has 0 saturated carbocycles. The van der Waals surface area contributed by atoms with E-state index in [0.717, 1.165) is 32.1 Å². The van der Waals surface area contributed by atoms with Gasteiger partial charge in [-0.3, -0.25) is 0 Å². The summed E-state index contributed by atoms with van der Waals surface area (Å²) in [7, 11) is 1.72. The average molecular weight is 254 g/mol. The topological polar surface area (TPSA) is 42.3 Å². The molecule has 1 N–H and O–H groups in total. The Labute approximate surface area is 110 Å². The fraction of sp³-hybridized carbons (Fsp3) is 0.769. The molecular formula is C13H26N4O. The van der Waals surface area contributed by atoms with E-state index in [4.69, 9.17) is 4.74 Å². The van der Waals surface area contributed by atoms with E-state index < -0.39 is 0 Å². The Bertz CT molecular complexity index is 323. The summed E-state index contributed by atoms with van der Waals surface area (Å²) >= 11 is 0. The lowest BCUT2D eigenvalue weighted by Crippen LogP contribution is -2.29. The van der Waals surface area contributed by atoms with Gasteiger partial charge in [-0.2, -0.15) is 0 Å². The van der Waals surface area contributed by atoms with Crippen molar-refractivity contribution in [3.63, 3.8) is 0 Å². The lowest BCUT2D eigenvalue weighted by Gasteiger charge is -2.20. The molecule has 5 nitrogen and oxygen atoms in total. The van der Waals surface area contributed by atoms with Gasteiger partial charge < -0.3 is 19.5 Å². The summed E-state index contributed by atoms with van der Waals surface area (Å²) in [4.78, 5) is 6.73. The van der Waals surface area contributed by atoms with E-state index >= 15 is 0 Å². The van der Waals surface area contributed by atoms with Gasteiger partial charge in [-0.15, -0.1) is 0 Å². The number of nitrogens with zero attached hydrogens (tertiary/aromatic N) is 3. The molecule has 1 heterocycles. The number of ether oxygens (including phenoxy) is 1. The van der Waals surface area contributed by atoms with Crippen LogP contribution in [0.4, 0.5) is 5.95 Å². The third kappa shape index (κ3) is 4.31. The van der Waals surface area contributed by atoms with Gasteiger partial charge in [0.2, 0.25) is 5.95 Å². The second-order valence-corrected chi connectivity index (χ2v) is 4.42. The number of imidazole rings is 1. The van der Waals surface area contributed by atoms with Crippen molar-refractivity contribution in [2.75, 3.05) is 45.2 Å². The van der Waals surface area contributed by atoms with Crippen molar-refractivity contribution in [2.45, 2.75) is 26.8 Å². The highest BCUT2D eigenvalue weighted by atomic mass is 16.5. The van der Waals surface area contributed by atoms with Crippen LogP contribution in [0.15, 0.2) is 12.4 Å². The summed E-state index contributed by atoms with van der Waals surface area (Å²) in [6, 6.07) is 0.299. The molecule has 1 aromatic rings. The van der Waals surface area contributed by atoms with Gasteiger partial charge in [0.1, 0.15) is 0 Å². The highest BCUT2D eigenvalue weighted by Gasteiger charge is 2.09. The minimum atomic E-state index is 0.299. The van der Waals surface area contributed by atoms with Gasteiger partial charge in [0.15, 0.2) is 0 Å². The minimum absolute atomic E-state index is 0.299. The first-order valence-corrected chi connectivity index (χ1v) is 6.70. The van der Waals surface area contributed by atoms with E-state index in [1.165, 1.54) is 0 Å². The van der Waals surface area contributed by atoms with Gasteiger partial charge in [0.05, 0.1) is 12.6 Å². The van der Waals surface area contributed by atoms with E-state index in [9.17, 15) is 0 Å². The summed E-state index contributed by atoms with van der Waals surface area (Å²) in [5, 5.41) is 3.39. The van der Waals surface area contributed by atoms with Crippen LogP contribution in [0, 0.1) is 0 Å². The van der Waals surface area contributed by atoms with Crippen molar-refractivity contribution < 1.29 is 4.74 Å². The van der Waals surface area contributed by atoms with Gasteiger partial charge in [-0.25, -0.2) is 4.98 Å². The maximum absolute atomic E-state index is 5.18. The van der Waals surface area contributed by atoms with E-state index in [-0.39, 0.29) is 0 Å². The minimum Gasteiger partial charge on any atom is -0.383 e. The Hall–Kier alpha value is -1.07. The second-order valence-electron chi connectivity index (χ2n) is 4.42. The van der Waals surface area contributed by atoms with Gasteiger partial charge in [0, 0.05) is 32.6 Å². The Kier molecular flexibility index (Phi) is 6.75. The summed E-state index contributed by atoms with van der Waals surface area (Å²) in [5.74, 6) is 0.923. The summed E-state index contributed by atoms with van der Waals surface area (Å²) in [6.07, 6.45) is 3.81. The molecule has 0 aliphatic rings. The maximum Gasteiger partial charge on any atom is 0.203 e. The zero-order chi connectivity index (χ0) is 13.4. The van der Waals surface area contributed by atoms with Crippen LogP contribution in [0.1, 0.15) is 26.8 Å². The fourth-order valence-corrected chi connectivity index (χ4v) is 1.99. The smallest absolute Gasteiger partial charge is 0.203 e. The number of anilines is 1. The van der Waals surface area contributed by atoms with Crippen molar-refractivity contribution in [1.29, 1.82) is 0 Å². The molecule has 1 unspecified atom stereocenters. The number of methoxy groups -OCH3 is 1. The van der Waals surface area contributed by atoms with Gasteiger partial charge in [0.25, 0.3) is 0 Å². The first-order valence-electron chi connectivity index (χ1n) is 6.70. The van der Waals surface area contributed by atoms with Gasteiger partial charge in [-0.1, -0.05) is 13.8 Å². The molecule has 0 bridgehead atoms. The molecule has 0 aromatic carbocycles. The first-order chi connectivity index (χ1) is 8.72. The standard InChI is InChI=1S/C13H26N4O/c1-5-16(6-2)9-7-14-13-15-8-10-17(13)12(3)11-18-4/h8,10,12H,5-7,9,11H2,1-4H3,(H,14,15). The molecule has 1 aromatic heterocycles. The number of hydrogen-bond acceptors (Lipinski definition) is 4. The van der Waals surface area contributed by atoms with Crippen LogP contribution in [-0.4, -0.2) is 54.3 Å². The van der Waals surface area contributed by atoms with Crippen molar-refractivity contribution in [3.8, 4) is 0 Å². The third-order valence-electron chi connectivity index (χ3n) is 3.16. The Morgan fingerprint density at radius 3 is 2.78 bits per heavy atom. The highest BCUT2D eigenvalue weighted by Crippen LogP contribution is 2.13. The molecule has 5 heteroatoms. The fourth-order valence-electron chi connectivity index (χ4n) is 1.99. The monoisotopic (exact) mass is 254 g/mol. The summed E-state index contributed by atoms with van der Waals surface area (Å²) in [5.41, 5.74) is 0. The Morgan fingerprint density at radius 1 is 1.44 bits per heavy atom. The van der Waals surface area contributed by atoms with Crippen LogP contribution < -0.4 is 5.32 Å². The van der Waals surface area contributed by atoms with Crippen molar-refractivity contribution >= 4 is 5.95 Å². The maximum atomic E-state index is 5.18. The normalized spacial score (nSPS) is 12.9. The van der Waals surface area contributed by atoms with Crippen LogP contribution in [0.3, 0.4) is 0 Å². The number of hydrogen-bond donors (Lipinski definition) is 1. The molecule has 18 heavy (non-hydrogen) atoms. The number of rotatable bonds is 9. The molecular weight excluding hydrogens is 228 g/mol. The number of nitrogens with one attached hydrogen (secondary N) is 1. The highest BCUT2D eigenvalue weighted by molar-refractivity contribution is 5.26. The predicted molar refractivity (Wildman–Crippen MR) is 75.1 cm³/mol. The lowest BCUT2D eigenvalue weighted by atomic mass is 10.3. The molecule has 1 atom stereocenters. The molecule has 0 radical (unpaired) electrons. The summed E-state index contributed by atoms with van der Waals surface area (Å²) in [6.45, 7) is 11.3. The van der Waals surface area contributed by atoms with Crippen LogP contribution in [0.25, 0.3) is 0 Å². The second kappa shape index (κ2) is 8.11. The molecule has 0 aliphatic carbocycles. The third-order valence-corrected chi connectivity index (χ3v) is 3.16. The summed E-state index contributed by atoms with van der Waals surface area (Å²) < 4.78 is 7.29. The SMILES string of the molecule is CCN(CC)CCNc1nccn1C(C)COC. The first kappa shape index (κ1) is 15.0. The molecule has 104 valence electrons. The number of aromatic nitrogens is 2. The molecule has 0 spiro atoms. The molecule has 0 amide bonds. The molecule has 0 fully saturated rings. The van der Waals surface area contributed by atoms with Crippen LogP contribution >= 0.6 is 0 Å². The van der Waals surface area contributed by atoms with E-state index in [0.29, 0.717) is 12.6 Å². The lowest BCUT2D eigenvalue weighted by molar-refractivity contribution is 0.163. The zero-order valence-electron chi connectivity index (χ0n) is 12.0. The van der Waals surface area contributed by atoms with Crippen molar-refractivity contribution in [2.24, 2.45) is 0 Å². The van der Waals surface area contributed by atoms with E-state index in [2.05, 4.69) is 40.5 Å². The van der Waals surface area contributed by atoms with Crippen LogP contribution in [0.5, 0.6) is 0 Å². The average Bonchev–Trinajstić information content (AvgIpc) is 2.83. The van der Waals surface area contributed by atoms with Crippen LogP contribution in [-0.2, 0) is 4.74 Å².